The van der Waals surface area contributed by atoms with Crippen LogP contribution in [0.1, 0.15) is 28.4 Å². The van der Waals surface area contributed by atoms with Crippen molar-refractivity contribution >= 4 is 23.6 Å². The number of hydrogen-bond donors (Lipinski definition) is 0. The minimum absolute atomic E-state index is 0.101. The molecule has 26 heavy (non-hydrogen) atoms. The number of nitrogens with zero attached hydrogens (tertiary/aromatic N) is 2. The highest BCUT2D eigenvalue weighted by Gasteiger charge is 2.44. The van der Waals surface area contributed by atoms with Crippen molar-refractivity contribution in [1.82, 2.24) is 9.80 Å². The Morgan fingerprint density at radius 3 is 2.35 bits per heavy atom. The first-order valence-electron chi connectivity index (χ1n) is 8.43. The number of likely N-dealkylation sites (N-methyl/N-ethyl adjacent to an activating group) is 1. The third-order valence-corrected chi connectivity index (χ3v) is 4.87. The van der Waals surface area contributed by atoms with Crippen LogP contribution in [0.15, 0.2) is 42.5 Å². The molecule has 2 aliphatic rings. The number of urea groups is 1. The molecule has 4 amide bonds. The fourth-order valence-electron chi connectivity index (χ4n) is 3.50. The van der Waals surface area contributed by atoms with Crippen LogP contribution in [0.4, 0.5) is 4.79 Å². The summed E-state index contributed by atoms with van der Waals surface area (Å²) in [7, 11) is 0. The van der Waals surface area contributed by atoms with Crippen LogP contribution in [0, 0.1) is 0 Å². The van der Waals surface area contributed by atoms with Crippen molar-refractivity contribution in [2.24, 2.45) is 0 Å². The second-order valence-corrected chi connectivity index (χ2v) is 6.35. The number of hydrogen-bond acceptors (Lipinski definition) is 4. The van der Waals surface area contributed by atoms with E-state index >= 15 is 0 Å². The normalized spacial score (nSPS) is 15.5. The summed E-state index contributed by atoms with van der Waals surface area (Å²) >= 11 is 0. The molecule has 0 saturated carbocycles. The fraction of sp³-hybridized carbons (Fsp3) is 0.200. The standard InChI is InChI=1S/C20H16N2O4/c1-2-21-18(24)19(25)22(20(21)26)11-17(23)14-8-7-13-9-12-5-3-4-6-15(12)16(13)10-14/h3-8,10H,2,9,11H2,1H3. The smallest absolute Gasteiger partial charge is 0.292 e. The number of rotatable bonds is 4. The van der Waals surface area contributed by atoms with E-state index in [1.165, 1.54) is 5.56 Å². The quantitative estimate of drug-likeness (QED) is 0.412. The summed E-state index contributed by atoms with van der Waals surface area (Å²) in [6.45, 7) is 1.27. The van der Waals surface area contributed by atoms with Gasteiger partial charge in [-0.25, -0.2) is 9.69 Å². The summed E-state index contributed by atoms with van der Waals surface area (Å²) in [6, 6.07) is 12.7. The number of benzene rings is 2. The van der Waals surface area contributed by atoms with Crippen molar-refractivity contribution in [3.8, 4) is 11.1 Å². The van der Waals surface area contributed by atoms with E-state index in [0.29, 0.717) is 5.56 Å². The lowest BCUT2D eigenvalue weighted by Crippen LogP contribution is -2.37. The molecule has 0 bridgehead atoms. The Labute approximate surface area is 150 Å². The Bertz CT molecular complexity index is 980. The Morgan fingerprint density at radius 1 is 0.923 bits per heavy atom. The molecule has 2 aromatic rings. The minimum atomic E-state index is -0.947. The van der Waals surface area contributed by atoms with Gasteiger partial charge in [0.15, 0.2) is 5.78 Å². The van der Waals surface area contributed by atoms with Crippen LogP contribution >= 0.6 is 0 Å². The van der Waals surface area contributed by atoms with Gasteiger partial charge >= 0.3 is 17.8 Å². The molecule has 6 nitrogen and oxygen atoms in total. The lowest BCUT2D eigenvalue weighted by Gasteiger charge is -2.13. The van der Waals surface area contributed by atoms with Crippen LogP contribution < -0.4 is 0 Å². The molecule has 0 radical (unpaired) electrons. The molecule has 130 valence electrons. The first kappa shape index (κ1) is 16.2. The molecule has 1 aliphatic carbocycles. The molecule has 0 atom stereocenters. The molecular weight excluding hydrogens is 332 g/mol. The van der Waals surface area contributed by atoms with E-state index in [2.05, 4.69) is 6.07 Å². The highest BCUT2D eigenvalue weighted by atomic mass is 16.2. The number of fused-ring (bicyclic) bond motifs is 3. The molecule has 1 saturated heterocycles. The summed E-state index contributed by atoms with van der Waals surface area (Å²) in [5.41, 5.74) is 4.86. The number of carbonyl (C=O) groups is 4. The molecule has 1 fully saturated rings. The van der Waals surface area contributed by atoms with Gasteiger partial charge in [0.1, 0.15) is 0 Å². The van der Waals surface area contributed by atoms with Gasteiger partial charge in [0, 0.05) is 12.1 Å². The second kappa shape index (κ2) is 5.91. The zero-order valence-electron chi connectivity index (χ0n) is 14.2. The van der Waals surface area contributed by atoms with E-state index in [4.69, 9.17) is 0 Å². The predicted molar refractivity (Wildman–Crippen MR) is 93.5 cm³/mol. The Morgan fingerprint density at radius 2 is 1.62 bits per heavy atom. The van der Waals surface area contributed by atoms with Gasteiger partial charge in [-0.3, -0.25) is 19.3 Å². The van der Waals surface area contributed by atoms with Crippen molar-refractivity contribution in [1.29, 1.82) is 0 Å². The van der Waals surface area contributed by atoms with Crippen molar-refractivity contribution in [3.05, 3.63) is 59.2 Å². The van der Waals surface area contributed by atoms with Gasteiger partial charge in [0.05, 0.1) is 6.54 Å². The van der Waals surface area contributed by atoms with Gasteiger partial charge in [0.25, 0.3) is 0 Å². The summed E-state index contributed by atoms with van der Waals surface area (Å²) in [5, 5.41) is 0. The molecule has 0 unspecified atom stereocenters. The lowest BCUT2D eigenvalue weighted by atomic mass is 10.0. The number of carbonyl (C=O) groups excluding carboxylic acids is 4. The molecule has 2 aromatic carbocycles. The summed E-state index contributed by atoms with van der Waals surface area (Å²) in [6.07, 6.45) is 0.822. The van der Waals surface area contributed by atoms with Gasteiger partial charge < -0.3 is 0 Å². The van der Waals surface area contributed by atoms with Gasteiger partial charge in [0.2, 0.25) is 0 Å². The molecular formula is C20H16N2O4. The number of imide groups is 2. The predicted octanol–water partition coefficient (Wildman–Crippen LogP) is 2.25. The summed E-state index contributed by atoms with van der Waals surface area (Å²) < 4.78 is 0. The molecule has 4 rings (SSSR count). The number of ketones is 1. The SMILES string of the molecule is CCN1C(=O)C(=O)N(CC(=O)c2ccc3c(c2)-c2ccccc2C3)C1=O. The first-order valence-corrected chi connectivity index (χ1v) is 8.43. The maximum atomic E-state index is 12.6. The molecule has 0 aromatic heterocycles. The zero-order chi connectivity index (χ0) is 18.4. The van der Waals surface area contributed by atoms with Gasteiger partial charge in [-0.2, -0.15) is 0 Å². The molecule has 0 spiro atoms. The largest absolute Gasteiger partial charge is 0.334 e. The average molecular weight is 348 g/mol. The van der Waals surface area contributed by atoms with Crippen LogP contribution in [0.5, 0.6) is 0 Å². The highest BCUT2D eigenvalue weighted by Crippen LogP contribution is 2.36. The molecule has 1 aliphatic heterocycles. The molecule has 0 N–H and O–H groups in total. The maximum absolute atomic E-state index is 12.6. The fourth-order valence-corrected chi connectivity index (χ4v) is 3.50. The van der Waals surface area contributed by atoms with E-state index in [-0.39, 0.29) is 12.3 Å². The van der Waals surface area contributed by atoms with Gasteiger partial charge in [-0.15, -0.1) is 0 Å². The molecule has 6 heteroatoms. The Balaban J connectivity index is 1.60. The minimum Gasteiger partial charge on any atom is -0.292 e. The summed E-state index contributed by atoms with van der Waals surface area (Å²) in [4.78, 5) is 50.1. The van der Waals surface area contributed by atoms with Crippen LogP contribution in [0.3, 0.4) is 0 Å². The maximum Gasteiger partial charge on any atom is 0.334 e. The lowest BCUT2D eigenvalue weighted by molar-refractivity contribution is -0.143. The third kappa shape index (κ3) is 2.34. The van der Waals surface area contributed by atoms with E-state index in [0.717, 1.165) is 32.9 Å². The first-order chi connectivity index (χ1) is 12.5. The van der Waals surface area contributed by atoms with E-state index in [1.54, 1.807) is 19.1 Å². The van der Waals surface area contributed by atoms with E-state index in [1.807, 2.05) is 24.3 Å². The van der Waals surface area contributed by atoms with Crippen molar-refractivity contribution in [3.63, 3.8) is 0 Å². The highest BCUT2D eigenvalue weighted by molar-refractivity contribution is 6.45. The van der Waals surface area contributed by atoms with E-state index in [9.17, 15) is 19.2 Å². The second-order valence-electron chi connectivity index (χ2n) is 6.35. The zero-order valence-corrected chi connectivity index (χ0v) is 14.2. The van der Waals surface area contributed by atoms with Gasteiger partial charge in [-0.1, -0.05) is 36.4 Å². The van der Waals surface area contributed by atoms with Gasteiger partial charge in [-0.05, 0) is 41.7 Å². The van der Waals surface area contributed by atoms with Crippen molar-refractivity contribution in [2.45, 2.75) is 13.3 Å². The van der Waals surface area contributed by atoms with Crippen molar-refractivity contribution in [2.75, 3.05) is 13.1 Å². The number of amides is 4. The van der Waals surface area contributed by atoms with Crippen molar-refractivity contribution < 1.29 is 19.2 Å². The van der Waals surface area contributed by atoms with Crippen LogP contribution in [-0.2, 0) is 16.0 Å². The van der Waals surface area contributed by atoms with Crippen LogP contribution in [-0.4, -0.2) is 46.5 Å². The Kier molecular flexibility index (Phi) is 3.68. The monoisotopic (exact) mass is 348 g/mol. The summed E-state index contributed by atoms with van der Waals surface area (Å²) in [5.74, 6) is -2.20. The van der Waals surface area contributed by atoms with Crippen LogP contribution in [0.25, 0.3) is 11.1 Å². The van der Waals surface area contributed by atoms with E-state index < -0.39 is 24.4 Å². The average Bonchev–Trinajstić information content (AvgIpc) is 3.11. The Hall–Kier alpha value is -3.28. The third-order valence-electron chi connectivity index (χ3n) is 4.87. The van der Waals surface area contributed by atoms with Crippen LogP contribution in [0.2, 0.25) is 0 Å². The number of Topliss-reactive ketones (excluding diaryl/α,β-unsaturated/α-hetero) is 1. The molecule has 1 heterocycles. The topological polar surface area (TPSA) is 74.8 Å².